The molecule has 1 heterocycles. The van der Waals surface area contributed by atoms with Crippen LogP contribution in [-0.4, -0.2) is 56.5 Å². The molecule has 0 radical (unpaired) electrons. The molecule has 7 heteroatoms. The van der Waals surface area contributed by atoms with Crippen molar-refractivity contribution in [2.45, 2.75) is 43.7 Å². The van der Waals surface area contributed by atoms with Crippen LogP contribution in [0.2, 0.25) is 0 Å². The fourth-order valence-corrected chi connectivity index (χ4v) is 5.60. The molecule has 1 saturated carbocycles. The van der Waals surface area contributed by atoms with Crippen molar-refractivity contribution in [3.05, 3.63) is 53.6 Å². The molecule has 4 rings (SSSR count). The number of hydrogen-bond donors (Lipinski definition) is 1. The second-order valence-corrected chi connectivity index (χ2v) is 9.24. The highest BCUT2D eigenvalue weighted by atomic mass is 16.5. The Hall–Kier alpha value is -3.19. The van der Waals surface area contributed by atoms with Crippen molar-refractivity contribution in [3.8, 4) is 23.0 Å². The number of carbonyl (C=O) groups excluding carboxylic acids is 1. The Bertz CT molecular complexity index is 1080. The van der Waals surface area contributed by atoms with Crippen LogP contribution >= 0.6 is 0 Å². The highest BCUT2D eigenvalue weighted by molar-refractivity contribution is 5.92. The zero-order chi connectivity index (χ0) is 25.0. The van der Waals surface area contributed by atoms with Crippen LogP contribution in [0.3, 0.4) is 0 Å². The zero-order valence-corrected chi connectivity index (χ0v) is 21.0. The third kappa shape index (κ3) is 4.96. The first kappa shape index (κ1) is 24.9. The molecule has 0 spiro atoms. The van der Waals surface area contributed by atoms with Gasteiger partial charge in [0.15, 0.2) is 11.5 Å². The summed E-state index contributed by atoms with van der Waals surface area (Å²) in [6.45, 7) is 0.474. The van der Waals surface area contributed by atoms with Gasteiger partial charge in [0.1, 0.15) is 11.5 Å². The van der Waals surface area contributed by atoms with Crippen LogP contribution in [0.15, 0.2) is 42.5 Å². The second-order valence-electron chi connectivity index (χ2n) is 9.24. The molecule has 0 unspecified atom stereocenters. The van der Waals surface area contributed by atoms with E-state index < -0.39 is 5.60 Å². The molecule has 2 fully saturated rings. The topological polar surface area (TPSA) is 77.5 Å². The lowest BCUT2D eigenvalue weighted by Gasteiger charge is -2.52. The van der Waals surface area contributed by atoms with Gasteiger partial charge >= 0.3 is 0 Å². The van der Waals surface area contributed by atoms with Crippen LogP contribution in [0.5, 0.6) is 23.0 Å². The standard InChI is InChI=1S/C28H35NO6/c1-32-20-10-11-21(24(18-20)34-3)27-22-7-5-6-14-28(22,31)15-16-29(27)26(30)13-9-19-8-12-23(33-2)25(17-19)35-4/h8-13,17-18,22,27,31H,5-7,14-16H2,1-4H3/b13-9+/t22-,27-,28+/m1/s1. The molecule has 1 aliphatic carbocycles. The number of piperidine rings is 1. The van der Waals surface area contributed by atoms with E-state index in [0.29, 0.717) is 36.0 Å². The molecule has 188 valence electrons. The number of benzene rings is 2. The Kier molecular flexibility index (Phi) is 7.55. The molecule has 2 aliphatic rings. The van der Waals surface area contributed by atoms with Gasteiger partial charge in [-0.2, -0.15) is 0 Å². The summed E-state index contributed by atoms with van der Waals surface area (Å²) in [5, 5.41) is 11.6. The summed E-state index contributed by atoms with van der Waals surface area (Å²) in [5.74, 6) is 2.42. The van der Waals surface area contributed by atoms with Crippen LogP contribution in [0.1, 0.15) is 49.3 Å². The minimum absolute atomic E-state index is 0.0641. The van der Waals surface area contributed by atoms with Gasteiger partial charge in [-0.3, -0.25) is 4.79 Å². The van der Waals surface area contributed by atoms with Gasteiger partial charge in [-0.15, -0.1) is 0 Å². The van der Waals surface area contributed by atoms with E-state index in [-0.39, 0.29) is 17.9 Å². The van der Waals surface area contributed by atoms with E-state index in [1.807, 2.05) is 41.3 Å². The number of amides is 1. The highest BCUT2D eigenvalue weighted by Crippen LogP contribution is 2.51. The number of aliphatic hydroxyl groups is 1. The van der Waals surface area contributed by atoms with E-state index in [9.17, 15) is 9.90 Å². The van der Waals surface area contributed by atoms with E-state index in [0.717, 1.165) is 36.8 Å². The third-order valence-electron chi connectivity index (χ3n) is 7.44. The lowest BCUT2D eigenvalue weighted by atomic mass is 9.66. The van der Waals surface area contributed by atoms with Crippen LogP contribution in [-0.2, 0) is 4.79 Å². The Labute approximate surface area is 207 Å². The molecule has 0 aromatic heterocycles. The second kappa shape index (κ2) is 10.6. The number of fused-ring (bicyclic) bond motifs is 1. The summed E-state index contributed by atoms with van der Waals surface area (Å²) in [4.78, 5) is 15.5. The first-order chi connectivity index (χ1) is 16.9. The van der Waals surface area contributed by atoms with Crippen LogP contribution < -0.4 is 18.9 Å². The van der Waals surface area contributed by atoms with E-state index in [1.54, 1.807) is 40.6 Å². The first-order valence-electron chi connectivity index (χ1n) is 12.1. The van der Waals surface area contributed by atoms with Crippen molar-refractivity contribution in [2.75, 3.05) is 35.0 Å². The summed E-state index contributed by atoms with van der Waals surface area (Å²) < 4.78 is 21.8. The number of hydrogen-bond acceptors (Lipinski definition) is 6. The molecule has 7 nitrogen and oxygen atoms in total. The number of rotatable bonds is 7. The van der Waals surface area contributed by atoms with Gasteiger partial charge in [0.05, 0.1) is 40.1 Å². The predicted octanol–water partition coefficient (Wildman–Crippen LogP) is 4.63. The summed E-state index contributed by atoms with van der Waals surface area (Å²) >= 11 is 0. The zero-order valence-electron chi connectivity index (χ0n) is 21.0. The Balaban J connectivity index is 1.68. The fraction of sp³-hybridized carbons (Fsp3) is 0.464. The van der Waals surface area contributed by atoms with E-state index in [4.69, 9.17) is 18.9 Å². The van der Waals surface area contributed by atoms with Gasteiger partial charge in [0.25, 0.3) is 0 Å². The quantitative estimate of drug-likeness (QED) is 0.581. The molecule has 1 N–H and O–H groups in total. The Morgan fingerprint density at radius 2 is 1.71 bits per heavy atom. The maximum atomic E-state index is 13.6. The summed E-state index contributed by atoms with van der Waals surface area (Å²) in [6, 6.07) is 10.9. The molecule has 1 saturated heterocycles. The molecule has 3 atom stereocenters. The average molecular weight is 482 g/mol. The number of ether oxygens (including phenoxy) is 4. The van der Waals surface area contributed by atoms with E-state index in [1.165, 1.54) is 0 Å². The van der Waals surface area contributed by atoms with Crippen molar-refractivity contribution in [3.63, 3.8) is 0 Å². The molecule has 35 heavy (non-hydrogen) atoms. The number of nitrogens with zero attached hydrogens (tertiary/aromatic N) is 1. The van der Waals surface area contributed by atoms with Crippen molar-refractivity contribution in [1.82, 2.24) is 4.90 Å². The van der Waals surface area contributed by atoms with E-state index in [2.05, 4.69) is 0 Å². The van der Waals surface area contributed by atoms with Crippen molar-refractivity contribution in [2.24, 2.45) is 5.92 Å². The van der Waals surface area contributed by atoms with Crippen LogP contribution in [0.25, 0.3) is 6.08 Å². The van der Waals surface area contributed by atoms with Gasteiger partial charge in [-0.25, -0.2) is 0 Å². The lowest BCUT2D eigenvalue weighted by Crippen LogP contribution is -2.56. The normalized spacial score (nSPS) is 24.1. The van der Waals surface area contributed by atoms with E-state index >= 15 is 0 Å². The summed E-state index contributed by atoms with van der Waals surface area (Å²) in [7, 11) is 6.41. The van der Waals surface area contributed by atoms with Gasteiger partial charge in [-0.05, 0) is 55.2 Å². The monoisotopic (exact) mass is 481 g/mol. The predicted molar refractivity (Wildman–Crippen MR) is 134 cm³/mol. The summed E-state index contributed by atoms with van der Waals surface area (Å²) in [5.41, 5.74) is 0.949. The number of carbonyl (C=O) groups is 1. The molecule has 2 aromatic carbocycles. The lowest BCUT2D eigenvalue weighted by molar-refractivity contribution is -0.151. The Morgan fingerprint density at radius 3 is 2.43 bits per heavy atom. The number of likely N-dealkylation sites (tertiary alicyclic amines) is 1. The van der Waals surface area contributed by atoms with Gasteiger partial charge in [0, 0.05) is 30.2 Å². The van der Waals surface area contributed by atoms with Gasteiger partial charge in [-0.1, -0.05) is 18.9 Å². The maximum absolute atomic E-state index is 13.6. The third-order valence-corrected chi connectivity index (χ3v) is 7.44. The fourth-order valence-electron chi connectivity index (χ4n) is 5.60. The molecular weight excluding hydrogens is 446 g/mol. The van der Waals surface area contributed by atoms with Crippen LogP contribution in [0.4, 0.5) is 0 Å². The van der Waals surface area contributed by atoms with Gasteiger partial charge in [0.2, 0.25) is 5.91 Å². The van der Waals surface area contributed by atoms with Crippen molar-refractivity contribution in [1.29, 1.82) is 0 Å². The molecule has 0 bridgehead atoms. The molecule has 1 amide bonds. The van der Waals surface area contributed by atoms with Crippen molar-refractivity contribution < 1.29 is 28.8 Å². The molecule has 2 aromatic rings. The molecule has 1 aliphatic heterocycles. The smallest absolute Gasteiger partial charge is 0.247 e. The highest BCUT2D eigenvalue weighted by Gasteiger charge is 2.50. The minimum atomic E-state index is -0.780. The van der Waals surface area contributed by atoms with Gasteiger partial charge < -0.3 is 29.0 Å². The Morgan fingerprint density at radius 1 is 0.943 bits per heavy atom. The first-order valence-corrected chi connectivity index (χ1v) is 12.1. The number of methoxy groups -OCH3 is 4. The largest absolute Gasteiger partial charge is 0.497 e. The summed E-state index contributed by atoms with van der Waals surface area (Å²) in [6.07, 6.45) is 7.61. The molecular formula is C28H35NO6. The average Bonchev–Trinajstić information content (AvgIpc) is 2.90. The van der Waals surface area contributed by atoms with Crippen LogP contribution in [0, 0.1) is 5.92 Å². The van der Waals surface area contributed by atoms with Crippen molar-refractivity contribution >= 4 is 12.0 Å². The minimum Gasteiger partial charge on any atom is -0.497 e. The maximum Gasteiger partial charge on any atom is 0.247 e. The SMILES string of the molecule is COc1ccc([C@@H]2[C@H]3CCCC[C@]3(O)CCN2C(=O)/C=C/c2ccc(OC)c(OC)c2)c(OC)c1.